The molecule has 1 saturated heterocycles. The summed E-state index contributed by atoms with van der Waals surface area (Å²) in [5.41, 5.74) is 7.83. The van der Waals surface area contributed by atoms with Crippen LogP contribution in [0.5, 0.6) is 0 Å². The zero-order valence-corrected chi connectivity index (χ0v) is 30.1. The Morgan fingerprint density at radius 2 is 1.59 bits per heavy atom. The van der Waals surface area contributed by atoms with E-state index in [9.17, 15) is 4.79 Å². The van der Waals surface area contributed by atoms with Crippen molar-refractivity contribution in [2.45, 2.75) is 122 Å². The fraction of sp³-hybridized carbons (Fsp3) is 0.632. The Labute approximate surface area is 283 Å². The van der Waals surface area contributed by atoms with Crippen LogP contribution in [-0.2, 0) is 10.2 Å². The minimum Gasteiger partial charge on any atom is -0.372 e. The smallest absolute Gasteiger partial charge is 0.281 e. The van der Waals surface area contributed by atoms with E-state index in [2.05, 4.69) is 77.0 Å². The average molecular weight is 693 g/mol. The van der Waals surface area contributed by atoms with Crippen molar-refractivity contribution in [2.75, 3.05) is 19.6 Å². The minimum absolute atomic E-state index is 0.128. The largest absolute Gasteiger partial charge is 0.372 e. The molecule has 1 spiro atoms. The molecule has 2 aliphatic carbocycles. The van der Waals surface area contributed by atoms with Gasteiger partial charge in [0.15, 0.2) is 0 Å². The number of primary amides is 1. The fourth-order valence-electron chi connectivity index (χ4n) is 7.91. The van der Waals surface area contributed by atoms with Crippen molar-refractivity contribution in [3.63, 3.8) is 0 Å². The summed E-state index contributed by atoms with van der Waals surface area (Å²) in [6, 6.07) is 10.7. The van der Waals surface area contributed by atoms with E-state index in [1.807, 2.05) is 12.1 Å². The molecule has 1 amide bonds. The second-order valence-corrected chi connectivity index (χ2v) is 15.9. The number of pyridine rings is 1. The highest BCUT2D eigenvalue weighted by molar-refractivity contribution is 9.10. The first-order chi connectivity index (χ1) is 22.1. The molecule has 7 nitrogen and oxygen atoms in total. The lowest BCUT2D eigenvalue weighted by Crippen LogP contribution is -2.37. The van der Waals surface area contributed by atoms with Crippen molar-refractivity contribution in [2.24, 2.45) is 17.1 Å². The van der Waals surface area contributed by atoms with Crippen molar-refractivity contribution in [3.8, 4) is 5.82 Å². The van der Waals surface area contributed by atoms with E-state index in [1.54, 1.807) is 0 Å². The molecule has 250 valence electrons. The SMILES string of the molecule is CCC(C)(C)C.NC=O.O=c1nc2n(c3cccc(Br)c13)-c1nc(C3CCN(CC4CCCCC4)CC3)ccc1C21CCCCC1. The number of likely N-dealkylation sites (tertiary alicyclic amines) is 1. The topological polar surface area (TPSA) is 94.1 Å². The van der Waals surface area contributed by atoms with Crippen LogP contribution in [0, 0.1) is 11.3 Å². The molecule has 3 aromatic rings. The Morgan fingerprint density at radius 1 is 0.957 bits per heavy atom. The molecule has 3 fully saturated rings. The van der Waals surface area contributed by atoms with E-state index in [0.717, 1.165) is 40.4 Å². The number of amides is 1. The van der Waals surface area contributed by atoms with Crippen molar-refractivity contribution in [1.82, 2.24) is 19.4 Å². The number of halogens is 1. The van der Waals surface area contributed by atoms with Gasteiger partial charge in [-0.05, 0) is 97.1 Å². The third-order valence-electron chi connectivity index (χ3n) is 10.9. The van der Waals surface area contributed by atoms with E-state index < -0.39 is 0 Å². The van der Waals surface area contributed by atoms with Gasteiger partial charge in [-0.15, -0.1) is 0 Å². The van der Waals surface area contributed by atoms with Gasteiger partial charge in [0, 0.05) is 28.2 Å². The van der Waals surface area contributed by atoms with E-state index in [1.165, 1.54) is 102 Å². The Morgan fingerprint density at radius 3 is 2.22 bits per heavy atom. The van der Waals surface area contributed by atoms with Gasteiger partial charge >= 0.3 is 0 Å². The third-order valence-corrected chi connectivity index (χ3v) is 11.6. The first-order valence-electron chi connectivity index (χ1n) is 17.7. The molecule has 2 aromatic heterocycles. The number of rotatable bonds is 3. The predicted octanol–water partition coefficient (Wildman–Crippen LogP) is 8.41. The fourth-order valence-corrected chi connectivity index (χ4v) is 8.44. The molecule has 0 bridgehead atoms. The van der Waals surface area contributed by atoms with E-state index in [4.69, 9.17) is 14.8 Å². The maximum absolute atomic E-state index is 13.2. The summed E-state index contributed by atoms with van der Waals surface area (Å²) in [7, 11) is 0. The molecule has 8 heteroatoms. The van der Waals surface area contributed by atoms with E-state index in [-0.39, 0.29) is 17.4 Å². The summed E-state index contributed by atoms with van der Waals surface area (Å²) in [6.45, 7) is 12.6. The maximum atomic E-state index is 13.2. The van der Waals surface area contributed by atoms with E-state index >= 15 is 0 Å². The zero-order valence-electron chi connectivity index (χ0n) is 28.5. The normalized spacial score (nSPS) is 19.8. The number of carbonyl (C=O) groups excluding carboxylic acids is 1. The number of hydrogen-bond donors (Lipinski definition) is 1. The number of nitrogens with two attached hydrogens (primary N) is 1. The predicted molar refractivity (Wildman–Crippen MR) is 192 cm³/mol. The van der Waals surface area contributed by atoms with Gasteiger partial charge in [-0.1, -0.05) is 84.8 Å². The summed E-state index contributed by atoms with van der Waals surface area (Å²) in [6.07, 6.45) is 16.7. The molecular weight excluding hydrogens is 638 g/mol. The lowest BCUT2D eigenvalue weighted by atomic mass is 9.70. The zero-order chi connectivity index (χ0) is 32.9. The summed E-state index contributed by atoms with van der Waals surface area (Å²) in [5, 5.41) is 0.660. The Hall–Kier alpha value is -2.58. The van der Waals surface area contributed by atoms with Crippen LogP contribution >= 0.6 is 15.9 Å². The average Bonchev–Trinajstić information content (AvgIpc) is 3.30. The van der Waals surface area contributed by atoms with Gasteiger partial charge in [0.05, 0.1) is 16.3 Å². The Bertz CT molecular complexity index is 1540. The molecule has 2 aliphatic heterocycles. The summed E-state index contributed by atoms with van der Waals surface area (Å²) >= 11 is 3.62. The molecule has 0 radical (unpaired) electrons. The third kappa shape index (κ3) is 7.43. The highest BCUT2D eigenvalue weighted by atomic mass is 79.9. The molecule has 46 heavy (non-hydrogen) atoms. The second kappa shape index (κ2) is 15.1. The van der Waals surface area contributed by atoms with Crippen LogP contribution in [0.1, 0.15) is 134 Å². The van der Waals surface area contributed by atoms with Crippen LogP contribution in [0.2, 0.25) is 0 Å². The molecule has 4 heterocycles. The summed E-state index contributed by atoms with van der Waals surface area (Å²) in [4.78, 5) is 34.7. The number of piperidine rings is 1. The number of fused-ring (bicyclic) bond motifs is 7. The highest BCUT2D eigenvalue weighted by Gasteiger charge is 2.47. The number of carbonyl (C=O) groups is 1. The first-order valence-corrected chi connectivity index (χ1v) is 18.5. The molecular formula is C38H54BrN5O2. The van der Waals surface area contributed by atoms with Crippen LogP contribution < -0.4 is 11.3 Å². The molecule has 0 atom stereocenters. The molecule has 2 saturated carbocycles. The van der Waals surface area contributed by atoms with Crippen LogP contribution in [0.25, 0.3) is 16.7 Å². The molecule has 1 aromatic carbocycles. The van der Waals surface area contributed by atoms with E-state index in [0.29, 0.717) is 16.7 Å². The number of hydrogen-bond acceptors (Lipinski definition) is 5. The van der Waals surface area contributed by atoms with Gasteiger partial charge in [0.25, 0.3) is 5.56 Å². The van der Waals surface area contributed by atoms with Gasteiger partial charge in [-0.25, -0.2) is 4.98 Å². The second-order valence-electron chi connectivity index (χ2n) is 15.1. The Kier molecular flexibility index (Phi) is 11.4. The van der Waals surface area contributed by atoms with Crippen LogP contribution in [-0.4, -0.2) is 45.5 Å². The molecule has 0 unspecified atom stereocenters. The van der Waals surface area contributed by atoms with Gasteiger partial charge in [0.1, 0.15) is 11.6 Å². The van der Waals surface area contributed by atoms with Crippen LogP contribution in [0.4, 0.5) is 0 Å². The van der Waals surface area contributed by atoms with Crippen molar-refractivity contribution >= 4 is 33.2 Å². The van der Waals surface area contributed by atoms with Gasteiger partial charge in [0.2, 0.25) is 6.41 Å². The van der Waals surface area contributed by atoms with Gasteiger partial charge in [-0.2, -0.15) is 4.98 Å². The number of nitrogens with zero attached hydrogens (tertiary/aromatic N) is 4. The highest BCUT2D eigenvalue weighted by Crippen LogP contribution is 2.51. The lowest BCUT2D eigenvalue weighted by molar-refractivity contribution is -0.106. The lowest BCUT2D eigenvalue weighted by Gasteiger charge is -2.35. The summed E-state index contributed by atoms with van der Waals surface area (Å²) in [5.74, 6) is 3.36. The monoisotopic (exact) mass is 691 g/mol. The molecule has 7 rings (SSSR count). The standard InChI is InChI=1S/C31H37BrN4O.C6H14.CH3NO/c32-24-10-7-11-26-27(24)29(37)34-30-31(16-5-2-6-17-31)23-12-13-25(33-28(23)36(26)30)22-14-18-35(19-15-22)20-21-8-3-1-4-9-21;1-5-6(2,3)4;2-1-3/h7,10-13,21-22H,1-6,8-9,14-20H2;5H2,1-4H3;1H,(H2,2,3). The van der Waals surface area contributed by atoms with Crippen LogP contribution in [0.3, 0.4) is 0 Å². The quantitative estimate of drug-likeness (QED) is 0.278. The number of benzene rings is 1. The first kappa shape index (κ1) is 34.7. The molecule has 4 aliphatic rings. The van der Waals surface area contributed by atoms with Gasteiger partial charge < -0.3 is 10.6 Å². The molecule has 2 N–H and O–H groups in total. The van der Waals surface area contributed by atoms with Crippen molar-refractivity contribution in [1.29, 1.82) is 0 Å². The van der Waals surface area contributed by atoms with Gasteiger partial charge in [-0.3, -0.25) is 14.2 Å². The van der Waals surface area contributed by atoms with Crippen molar-refractivity contribution < 1.29 is 4.79 Å². The van der Waals surface area contributed by atoms with Crippen molar-refractivity contribution in [3.05, 3.63) is 62.2 Å². The van der Waals surface area contributed by atoms with Crippen LogP contribution in [0.15, 0.2) is 39.6 Å². The maximum Gasteiger partial charge on any atom is 0.281 e. The number of aromatic nitrogens is 3. The summed E-state index contributed by atoms with van der Waals surface area (Å²) < 4.78 is 3.05. The Balaban J connectivity index is 0.000000412. The minimum atomic E-state index is -0.182.